The second kappa shape index (κ2) is 12.0. The van der Waals surface area contributed by atoms with Crippen molar-refractivity contribution in [3.63, 3.8) is 0 Å². The minimum Gasteiger partial charge on any atom is -0.494 e. The number of carboxylic acids is 2. The number of carboxylic acid groups (broad SMARTS) is 2. The van der Waals surface area contributed by atoms with Gasteiger partial charge >= 0.3 is 11.9 Å². The number of rotatable bonds is 7. The zero-order valence-electron chi connectivity index (χ0n) is 21.5. The molecule has 0 bridgehead atoms. The number of nitrogens with zero attached hydrogens (tertiary/aromatic N) is 2. The van der Waals surface area contributed by atoms with Gasteiger partial charge in [-0.15, -0.1) is 0 Å². The van der Waals surface area contributed by atoms with Crippen LogP contribution in [0.25, 0.3) is 11.8 Å². The van der Waals surface area contributed by atoms with E-state index in [2.05, 4.69) is 10.3 Å². The molecule has 0 atom stereocenters. The summed E-state index contributed by atoms with van der Waals surface area (Å²) in [5, 5.41) is 30.8. The molecular formula is C28H20N4O8S2. The Kier molecular flexibility index (Phi) is 8.40. The lowest BCUT2D eigenvalue weighted by atomic mass is 10.1. The van der Waals surface area contributed by atoms with Crippen molar-refractivity contribution >= 4 is 65.1 Å². The second-order valence-electron chi connectivity index (χ2n) is 8.76. The van der Waals surface area contributed by atoms with E-state index in [4.69, 9.17) is 34.6 Å². The van der Waals surface area contributed by atoms with E-state index in [9.17, 15) is 29.1 Å². The molecule has 12 nitrogen and oxygen atoms in total. The van der Waals surface area contributed by atoms with Crippen LogP contribution in [0.4, 0.5) is 5.69 Å². The number of carbonyl (C=O) groups excluding carboxylic acids is 2. The molecule has 2 amide bonds. The first-order valence-corrected chi connectivity index (χ1v) is 12.7. The minimum absolute atomic E-state index is 0.00751. The Balaban J connectivity index is 1.62. The summed E-state index contributed by atoms with van der Waals surface area (Å²) in [6, 6.07) is 10.8. The molecule has 0 saturated carbocycles. The van der Waals surface area contributed by atoms with Gasteiger partial charge in [-0.2, -0.15) is 0 Å². The molecule has 0 unspecified atom stereocenters. The van der Waals surface area contributed by atoms with E-state index in [1.807, 2.05) is 0 Å². The van der Waals surface area contributed by atoms with E-state index in [1.165, 1.54) is 72.8 Å². The Bertz CT molecular complexity index is 1870. The quantitative estimate of drug-likeness (QED) is 0.116. The predicted molar refractivity (Wildman–Crippen MR) is 158 cm³/mol. The van der Waals surface area contributed by atoms with Gasteiger partial charge in [-0.3, -0.25) is 29.2 Å². The Morgan fingerprint density at radius 2 is 1.43 bits per heavy atom. The first-order valence-electron chi connectivity index (χ1n) is 11.9. The maximum Gasteiger partial charge on any atom is 0.335 e. The molecule has 212 valence electrons. The van der Waals surface area contributed by atoms with Crippen molar-refractivity contribution in [3.8, 4) is 11.6 Å². The first-order chi connectivity index (χ1) is 19.9. The molecule has 1 saturated heterocycles. The third kappa shape index (κ3) is 5.99. The van der Waals surface area contributed by atoms with E-state index >= 15 is 0 Å². The normalized spacial score (nSPS) is 14.9. The van der Waals surface area contributed by atoms with Crippen LogP contribution in [0.3, 0.4) is 0 Å². The summed E-state index contributed by atoms with van der Waals surface area (Å²) in [6.45, 7) is 1.62. The highest BCUT2D eigenvalue weighted by Gasteiger charge is 2.34. The lowest BCUT2D eigenvalue weighted by Gasteiger charge is -2.28. The lowest BCUT2D eigenvalue weighted by Crippen LogP contribution is -2.54. The van der Waals surface area contributed by atoms with Crippen LogP contribution in [-0.2, 0) is 9.59 Å². The number of carbonyl (C=O) groups is 4. The van der Waals surface area contributed by atoms with Crippen molar-refractivity contribution in [2.45, 2.75) is 6.92 Å². The number of H-pyrrole nitrogens is 1. The SMILES string of the molecule is CC(/C=C/c1c(O)[nH]c(=S)n(-c2ccc(C(=O)O)cc2)c1=O)=C\C=C1\C(=O)NC(=S)N(c2ccc(C(=O)O)cc2)C1=O. The minimum atomic E-state index is -1.14. The van der Waals surface area contributed by atoms with Crippen molar-refractivity contribution in [2.24, 2.45) is 0 Å². The van der Waals surface area contributed by atoms with E-state index in [-0.39, 0.29) is 43.5 Å². The highest BCUT2D eigenvalue weighted by molar-refractivity contribution is 7.80. The fourth-order valence-corrected chi connectivity index (χ4v) is 4.39. The summed E-state index contributed by atoms with van der Waals surface area (Å²) in [6.07, 6.45) is 5.47. The summed E-state index contributed by atoms with van der Waals surface area (Å²) < 4.78 is 0.976. The number of anilines is 1. The number of benzene rings is 2. The van der Waals surface area contributed by atoms with Gasteiger partial charge in [-0.25, -0.2) is 9.59 Å². The summed E-state index contributed by atoms with van der Waals surface area (Å²) in [5.74, 6) is -4.24. The fraction of sp³-hybridized carbons (Fsp3) is 0.0357. The Morgan fingerprint density at radius 3 is 1.98 bits per heavy atom. The highest BCUT2D eigenvalue weighted by Crippen LogP contribution is 2.22. The average molecular weight is 605 g/mol. The number of aromatic hydroxyl groups is 1. The molecule has 5 N–H and O–H groups in total. The third-order valence-electron chi connectivity index (χ3n) is 5.99. The molecular weight excluding hydrogens is 584 g/mol. The van der Waals surface area contributed by atoms with Crippen LogP contribution in [0.5, 0.6) is 5.88 Å². The Labute approximate surface area is 247 Å². The number of hydrogen-bond acceptors (Lipinski definition) is 8. The third-order valence-corrected chi connectivity index (χ3v) is 6.56. The van der Waals surface area contributed by atoms with Gasteiger partial charge in [0.05, 0.1) is 22.5 Å². The van der Waals surface area contributed by atoms with Gasteiger partial charge in [0.2, 0.25) is 5.88 Å². The number of allylic oxidation sites excluding steroid dienone is 4. The second-order valence-corrected chi connectivity index (χ2v) is 9.53. The average Bonchev–Trinajstić information content (AvgIpc) is 2.93. The summed E-state index contributed by atoms with van der Waals surface area (Å²) >= 11 is 10.3. The predicted octanol–water partition coefficient (Wildman–Crippen LogP) is 3.33. The molecule has 4 rings (SSSR count). The van der Waals surface area contributed by atoms with Crippen LogP contribution >= 0.6 is 24.4 Å². The van der Waals surface area contributed by atoms with Gasteiger partial charge in [0.25, 0.3) is 17.4 Å². The van der Waals surface area contributed by atoms with E-state index in [0.29, 0.717) is 5.57 Å². The number of nitrogens with one attached hydrogen (secondary N) is 2. The monoisotopic (exact) mass is 604 g/mol. The van der Waals surface area contributed by atoms with E-state index in [1.54, 1.807) is 6.92 Å². The molecule has 0 radical (unpaired) electrons. The van der Waals surface area contributed by atoms with Gasteiger partial charge < -0.3 is 20.3 Å². The van der Waals surface area contributed by atoms with Crippen molar-refractivity contribution in [2.75, 3.05) is 4.90 Å². The lowest BCUT2D eigenvalue weighted by molar-refractivity contribution is -0.122. The highest BCUT2D eigenvalue weighted by atomic mass is 32.1. The van der Waals surface area contributed by atoms with Crippen molar-refractivity contribution in [3.05, 3.63) is 110 Å². The molecule has 14 heteroatoms. The zero-order valence-corrected chi connectivity index (χ0v) is 23.2. The molecule has 0 aliphatic carbocycles. The van der Waals surface area contributed by atoms with Gasteiger partial charge in [0.1, 0.15) is 11.1 Å². The number of hydrogen-bond donors (Lipinski definition) is 5. The van der Waals surface area contributed by atoms with Crippen molar-refractivity contribution in [1.82, 2.24) is 14.9 Å². The van der Waals surface area contributed by atoms with Gasteiger partial charge in [-0.05, 0) is 92.0 Å². The smallest absolute Gasteiger partial charge is 0.335 e. The number of aromatic amines is 1. The summed E-state index contributed by atoms with van der Waals surface area (Å²) in [5.41, 5.74) is -0.0488. The Morgan fingerprint density at radius 1 is 0.881 bits per heavy atom. The van der Waals surface area contributed by atoms with Crippen LogP contribution in [0.15, 0.2) is 82.7 Å². The van der Waals surface area contributed by atoms with Gasteiger partial charge in [0, 0.05) is 0 Å². The van der Waals surface area contributed by atoms with Crippen molar-refractivity contribution in [1.29, 1.82) is 0 Å². The summed E-state index contributed by atoms with van der Waals surface area (Å²) in [4.78, 5) is 64.7. The maximum absolute atomic E-state index is 13.2. The largest absolute Gasteiger partial charge is 0.494 e. The molecule has 1 aliphatic heterocycles. The zero-order chi connectivity index (χ0) is 30.7. The molecule has 0 spiro atoms. The molecule has 2 aromatic carbocycles. The molecule has 1 fully saturated rings. The molecule has 2 heterocycles. The van der Waals surface area contributed by atoms with E-state index in [0.717, 1.165) is 9.47 Å². The van der Waals surface area contributed by atoms with Crippen LogP contribution in [0, 0.1) is 4.77 Å². The first kappa shape index (κ1) is 29.5. The number of aromatic carboxylic acids is 2. The number of amides is 2. The van der Waals surface area contributed by atoms with Crippen LogP contribution in [0.2, 0.25) is 0 Å². The van der Waals surface area contributed by atoms with Crippen LogP contribution < -0.4 is 15.8 Å². The molecule has 1 aliphatic rings. The molecule has 3 aromatic rings. The van der Waals surface area contributed by atoms with Gasteiger partial charge in [-0.1, -0.05) is 17.7 Å². The van der Waals surface area contributed by atoms with E-state index < -0.39 is 35.2 Å². The summed E-state index contributed by atoms with van der Waals surface area (Å²) in [7, 11) is 0. The molecule has 1 aromatic heterocycles. The Hall–Kier alpha value is -5.47. The molecule has 42 heavy (non-hydrogen) atoms. The standard InChI is InChI=1S/C28H20N4O8S2/c1-14(2-12-19-21(33)29-27(41)31(23(19)35)17-8-4-15(5-9-17)25(37)38)3-13-20-22(34)30-28(42)32(24(20)36)18-10-6-16(7-11-18)26(39)40/h2-13,33H,1H3,(H,29,41)(H,37,38)(H,39,40)(H,30,34,42)/b12-2+,14-3+,20-13-. The van der Waals surface area contributed by atoms with Gasteiger partial charge in [0.15, 0.2) is 9.88 Å². The maximum atomic E-state index is 13.2. The van der Waals surface area contributed by atoms with Crippen molar-refractivity contribution < 1.29 is 34.5 Å². The number of aromatic nitrogens is 2. The fourth-order valence-electron chi connectivity index (χ4n) is 3.83. The topological polar surface area (TPSA) is 182 Å². The van der Waals surface area contributed by atoms with Crippen LogP contribution in [0.1, 0.15) is 33.2 Å². The van der Waals surface area contributed by atoms with Crippen LogP contribution in [-0.4, -0.2) is 53.7 Å². The number of thiocarbonyl (C=S) groups is 1.